The van der Waals surface area contributed by atoms with Crippen molar-refractivity contribution in [2.24, 2.45) is 5.92 Å². The van der Waals surface area contributed by atoms with Gasteiger partial charge in [-0.2, -0.15) is 0 Å². The molecule has 22 heteroatoms. The topological polar surface area (TPSA) is 326 Å². The molecule has 20 nitrogen and oxygen atoms in total. The summed E-state index contributed by atoms with van der Waals surface area (Å²) in [6, 6.07) is 0. The number of unbranched alkanes of at least 4 members (excludes halogenated alkanes) is 13. The second-order valence-corrected chi connectivity index (χ2v) is 20.7. The molecule has 0 amide bonds. The van der Waals surface area contributed by atoms with Gasteiger partial charge in [0.15, 0.2) is 12.4 Å². The van der Waals surface area contributed by atoms with E-state index in [2.05, 4.69) is 19.1 Å². The number of aliphatic hydroxyl groups excluding tert-OH is 7. The third-order valence-electron chi connectivity index (χ3n) is 12.0. The van der Waals surface area contributed by atoms with Crippen molar-refractivity contribution in [2.75, 3.05) is 13.2 Å². The van der Waals surface area contributed by atoms with Gasteiger partial charge in [0, 0.05) is 25.2 Å². The number of ether oxygens (including phenoxy) is 3. The third-order valence-corrected chi connectivity index (χ3v) is 13.5. The van der Waals surface area contributed by atoms with Crippen molar-refractivity contribution >= 4 is 27.6 Å². The average Bonchev–Trinajstić information content (AvgIpc) is 3.29. The summed E-state index contributed by atoms with van der Waals surface area (Å²) in [4.78, 5) is 56.8. The van der Waals surface area contributed by atoms with Gasteiger partial charge in [-0.1, -0.05) is 121 Å². The van der Waals surface area contributed by atoms with Gasteiger partial charge >= 0.3 is 27.6 Å². The molecule has 13 atom stereocenters. The fourth-order valence-corrected chi connectivity index (χ4v) is 9.53. The van der Waals surface area contributed by atoms with Crippen LogP contribution in [0, 0.1) is 5.92 Å². The van der Waals surface area contributed by atoms with Crippen LogP contribution >= 0.6 is 15.6 Å². The van der Waals surface area contributed by atoms with E-state index >= 15 is 0 Å². The minimum atomic E-state index is -5.80. The molecule has 2 aliphatic rings. The number of aliphatic hydroxyl groups is 7. The zero-order valence-electron chi connectivity index (χ0n) is 40.5. The smallest absolute Gasteiger partial charge is 0.462 e. The van der Waals surface area contributed by atoms with Crippen LogP contribution in [-0.2, 0) is 46.5 Å². The molecule has 0 aliphatic carbocycles. The number of hydrogen-bond acceptors (Lipinski definition) is 17. The van der Waals surface area contributed by atoms with Gasteiger partial charge in [-0.25, -0.2) is 9.13 Å². The normalized spacial score (nSPS) is 31.4. The first-order valence-corrected chi connectivity index (χ1v) is 28.0. The molecule has 2 aliphatic heterocycles. The predicted molar refractivity (Wildman–Crippen MR) is 254 cm³/mol. The Bertz CT molecular complexity index is 1590. The van der Waals surface area contributed by atoms with Crippen LogP contribution in [0.4, 0.5) is 0 Å². The Morgan fingerprint density at radius 2 is 1.46 bits per heavy atom. The van der Waals surface area contributed by atoms with Crippen LogP contribution < -0.4 is 0 Å². The second-order valence-electron chi connectivity index (χ2n) is 18.1. The molecule has 0 aromatic carbocycles. The fraction of sp³-hybridized carbons (Fsp3) is 0.830. The maximum Gasteiger partial charge on any atom is 0.472 e. The van der Waals surface area contributed by atoms with Crippen molar-refractivity contribution < 1.29 is 96.9 Å². The molecule has 0 spiro atoms. The molecule has 2 unspecified atom stereocenters. The van der Waals surface area contributed by atoms with Crippen molar-refractivity contribution in [3.8, 4) is 0 Å². The molecule has 0 saturated carbocycles. The van der Waals surface area contributed by atoms with Crippen LogP contribution in [0.15, 0.2) is 36.5 Å². The number of phosphoric acid groups is 2. The van der Waals surface area contributed by atoms with Crippen molar-refractivity contribution in [2.45, 2.75) is 229 Å². The zero-order chi connectivity index (χ0) is 51.2. The molecule has 2 rings (SSSR count). The lowest BCUT2D eigenvalue weighted by molar-refractivity contribution is -0.210. The van der Waals surface area contributed by atoms with Crippen molar-refractivity contribution in [3.63, 3.8) is 0 Å². The number of carbonyl (C=O) groups excluding carboxylic acids is 2. The fourth-order valence-electron chi connectivity index (χ4n) is 8.00. The van der Waals surface area contributed by atoms with Gasteiger partial charge in [-0.3, -0.25) is 23.2 Å². The summed E-state index contributed by atoms with van der Waals surface area (Å²) in [6.45, 7) is 2.52. The van der Waals surface area contributed by atoms with Gasteiger partial charge in [0.2, 0.25) is 0 Å². The van der Waals surface area contributed by atoms with Gasteiger partial charge in [0.25, 0.3) is 0 Å². The van der Waals surface area contributed by atoms with E-state index in [1.807, 2.05) is 6.92 Å². The number of hydrogen-bond donors (Lipinski definition) is 10. The maximum absolute atomic E-state index is 13.8. The van der Waals surface area contributed by atoms with Crippen molar-refractivity contribution in [1.82, 2.24) is 0 Å². The van der Waals surface area contributed by atoms with Gasteiger partial charge in [-0.05, 0) is 57.8 Å². The Balaban J connectivity index is 2.37. The first-order chi connectivity index (χ1) is 32.8. The molecule has 0 aromatic rings. The second kappa shape index (κ2) is 35.3. The lowest BCUT2D eigenvalue weighted by Crippen LogP contribution is -2.58. The lowest BCUT2D eigenvalue weighted by Gasteiger charge is -2.41. The monoisotopic (exact) mass is 1030 g/mol. The molecule has 2 heterocycles. The Morgan fingerprint density at radius 1 is 0.841 bits per heavy atom. The molecule has 1 fully saturated rings. The lowest BCUT2D eigenvalue weighted by atomic mass is 9.83. The molecule has 402 valence electrons. The van der Waals surface area contributed by atoms with Gasteiger partial charge < -0.3 is 64.6 Å². The molecule has 10 N–H and O–H groups in total. The number of carbonyl (C=O) groups is 2. The third kappa shape index (κ3) is 27.6. The van der Waals surface area contributed by atoms with Crippen LogP contribution in [0.5, 0.6) is 0 Å². The summed E-state index contributed by atoms with van der Waals surface area (Å²) < 4.78 is 57.8. The van der Waals surface area contributed by atoms with E-state index in [-0.39, 0.29) is 38.5 Å². The quantitative estimate of drug-likeness (QED) is 0.0243. The maximum atomic E-state index is 13.8. The highest BCUT2D eigenvalue weighted by atomic mass is 31.2. The van der Waals surface area contributed by atoms with E-state index in [1.54, 1.807) is 6.08 Å². The summed E-state index contributed by atoms with van der Waals surface area (Å²) >= 11 is 0. The van der Waals surface area contributed by atoms with Crippen molar-refractivity contribution in [3.05, 3.63) is 36.5 Å². The van der Waals surface area contributed by atoms with E-state index in [0.29, 0.717) is 19.3 Å². The van der Waals surface area contributed by atoms with Crippen LogP contribution in [0.2, 0.25) is 0 Å². The molecule has 1 saturated heterocycles. The zero-order valence-corrected chi connectivity index (χ0v) is 42.3. The predicted octanol–water partition coefficient (Wildman–Crippen LogP) is 5.61. The molecule has 0 radical (unpaired) electrons. The largest absolute Gasteiger partial charge is 0.472 e. The molecule has 0 aromatic heterocycles. The first kappa shape index (κ1) is 63.2. The van der Waals surface area contributed by atoms with E-state index in [4.69, 9.17) is 27.8 Å². The van der Waals surface area contributed by atoms with Crippen LogP contribution in [0.1, 0.15) is 162 Å². The number of phosphoric ester groups is 2. The van der Waals surface area contributed by atoms with Gasteiger partial charge in [0.1, 0.15) is 43.2 Å². The Hall–Kier alpha value is -1.94. The standard InChI is InChI=1S/C47H84O20P2/c1-3-5-7-8-9-10-11-12-13-14-15-16-17-18-24-28-40(51)64-35-32-62-39(50)27-23-20-19-22-26-36-37(49)31-41(52)65-38(30-29-34(48)25-21-6-4-2)43(54)46(66-68(57,58)59)47(45(56)44(55)42(36)53)67-69(60,61)63-33-35/h12-13,19,22,29-30,34-38,41-49,52-56H,3-11,14-18,20-21,23-28,31-33H2,1-2H3,(H,60,61)(H2,57,58,59)/b13-12-,22-19?,30-29?/t34-,35+,36-,37-,38+,41?,42+,43+,44-,45+,46+,47-/m0/s1. The number of esters is 2. The van der Waals surface area contributed by atoms with Crippen LogP contribution in [-0.4, -0.2) is 143 Å². The summed E-state index contributed by atoms with van der Waals surface area (Å²) in [5.74, 6) is -2.89. The Morgan fingerprint density at radius 3 is 2.12 bits per heavy atom. The molecular weight excluding hydrogens is 946 g/mol. The van der Waals surface area contributed by atoms with E-state index < -0.39 is 120 Å². The highest BCUT2D eigenvalue weighted by Crippen LogP contribution is 2.49. The number of cyclic esters (lactones) is 1. The minimum absolute atomic E-state index is 0.0478. The van der Waals surface area contributed by atoms with E-state index in [0.717, 1.165) is 57.1 Å². The Kier molecular flexibility index (Phi) is 32.3. The first-order valence-electron chi connectivity index (χ1n) is 24.9. The van der Waals surface area contributed by atoms with Gasteiger partial charge in [-0.15, -0.1) is 0 Å². The number of rotatable bonds is 24. The Labute approximate surface area is 407 Å². The summed E-state index contributed by atoms with van der Waals surface area (Å²) in [5.41, 5.74) is 0. The highest BCUT2D eigenvalue weighted by Gasteiger charge is 2.50. The average molecular weight is 1030 g/mol. The van der Waals surface area contributed by atoms with Crippen molar-refractivity contribution in [1.29, 1.82) is 0 Å². The highest BCUT2D eigenvalue weighted by molar-refractivity contribution is 7.47. The number of allylic oxidation sites excluding steroid dienone is 4. The summed E-state index contributed by atoms with van der Waals surface area (Å²) in [7, 11) is -11.5. The van der Waals surface area contributed by atoms with Crippen LogP contribution in [0.25, 0.3) is 0 Å². The molecule has 2 bridgehead atoms. The van der Waals surface area contributed by atoms with Gasteiger partial charge in [0.05, 0.1) is 24.9 Å². The van der Waals surface area contributed by atoms with E-state index in [1.165, 1.54) is 44.6 Å². The number of fused-ring (bicyclic) bond motifs is 4. The minimum Gasteiger partial charge on any atom is -0.462 e. The summed E-state index contributed by atoms with van der Waals surface area (Å²) in [5, 5.41) is 79.0. The summed E-state index contributed by atoms with van der Waals surface area (Å²) in [6.07, 6.45) is 1.63. The molecule has 69 heavy (non-hydrogen) atoms. The SMILES string of the molecule is CCCCCCCC/C=C\CCCCCCCC(=O)O[C@@H]1COC(=O)CCCC=CC[C@@H]2[C@@H](O)[C@H](O)[C@@H](O)[C@H](OP(=O)(O)OC1)[C@H](OP(=O)(O)O)[C@H](O)[C@@H](C=C[C@@H](O)CCCCC)OC(O)C[C@@H]2O. The molecular formula is C47H84O20P2. The van der Waals surface area contributed by atoms with E-state index in [9.17, 15) is 69.1 Å². The van der Waals surface area contributed by atoms with Crippen LogP contribution in [0.3, 0.4) is 0 Å².